The van der Waals surface area contributed by atoms with Crippen molar-refractivity contribution in [2.24, 2.45) is 5.73 Å². The zero-order valence-electron chi connectivity index (χ0n) is 10.7. The summed E-state index contributed by atoms with van der Waals surface area (Å²) in [5.41, 5.74) is 7.45. The van der Waals surface area contributed by atoms with E-state index in [4.69, 9.17) is 5.73 Å². The van der Waals surface area contributed by atoms with Crippen LogP contribution in [0, 0.1) is 0 Å². The van der Waals surface area contributed by atoms with Gasteiger partial charge in [-0.15, -0.1) is 0 Å². The summed E-state index contributed by atoms with van der Waals surface area (Å²) in [6.07, 6.45) is 1.77. The molecule has 0 saturated heterocycles. The van der Waals surface area contributed by atoms with E-state index in [1.807, 2.05) is 44.2 Å². The Morgan fingerprint density at radius 1 is 1.28 bits per heavy atom. The van der Waals surface area contributed by atoms with Gasteiger partial charge in [-0.2, -0.15) is 0 Å². The molecule has 1 heterocycles. The maximum Gasteiger partial charge on any atom is 0.0743 e. The molecule has 0 aliphatic carbocycles. The van der Waals surface area contributed by atoms with Crippen molar-refractivity contribution < 1.29 is 4.21 Å². The fourth-order valence-corrected chi connectivity index (χ4v) is 3.43. The Morgan fingerprint density at radius 3 is 2.72 bits per heavy atom. The van der Waals surface area contributed by atoms with Crippen LogP contribution in [0.2, 0.25) is 0 Å². The molecule has 0 radical (unpaired) electrons. The van der Waals surface area contributed by atoms with Crippen LogP contribution in [0.5, 0.6) is 0 Å². The molecule has 2 aromatic rings. The van der Waals surface area contributed by atoms with Crippen molar-refractivity contribution in [3.8, 4) is 0 Å². The van der Waals surface area contributed by atoms with E-state index >= 15 is 0 Å². The number of fused-ring (bicyclic) bond motifs is 1. The zero-order chi connectivity index (χ0) is 13.2. The predicted molar refractivity (Wildman–Crippen MR) is 76.7 cm³/mol. The maximum atomic E-state index is 12.1. The molecule has 1 aromatic carbocycles. The first kappa shape index (κ1) is 13.2. The Bertz CT molecular complexity index is 570. The van der Waals surface area contributed by atoms with E-state index in [-0.39, 0.29) is 0 Å². The van der Waals surface area contributed by atoms with Crippen molar-refractivity contribution in [1.29, 1.82) is 0 Å². The van der Waals surface area contributed by atoms with Crippen LogP contribution in [0.4, 0.5) is 0 Å². The molecule has 0 fully saturated rings. The molecule has 0 amide bonds. The summed E-state index contributed by atoms with van der Waals surface area (Å²) in [6, 6.07) is 9.90. The summed E-state index contributed by atoms with van der Waals surface area (Å²) < 4.78 is 12.1. The third-order valence-electron chi connectivity index (χ3n) is 2.57. The van der Waals surface area contributed by atoms with Crippen LogP contribution >= 0.6 is 0 Å². The van der Waals surface area contributed by atoms with Crippen molar-refractivity contribution in [1.82, 2.24) is 4.98 Å². The molecule has 0 spiro atoms. The lowest BCUT2D eigenvalue weighted by Gasteiger charge is -2.17. The number of nitrogens with two attached hydrogens (primary N) is 1. The number of aromatic nitrogens is 1. The molecular weight excluding hydrogens is 244 g/mol. The van der Waals surface area contributed by atoms with Crippen molar-refractivity contribution in [2.75, 3.05) is 5.75 Å². The van der Waals surface area contributed by atoms with Crippen LogP contribution in [-0.4, -0.2) is 20.5 Å². The van der Waals surface area contributed by atoms with Crippen molar-refractivity contribution >= 4 is 21.7 Å². The highest BCUT2D eigenvalue weighted by Crippen LogP contribution is 2.18. The van der Waals surface area contributed by atoms with Crippen LogP contribution in [0.15, 0.2) is 36.5 Å². The molecule has 2 rings (SSSR count). The molecule has 0 bridgehead atoms. The van der Waals surface area contributed by atoms with Gasteiger partial charge < -0.3 is 5.73 Å². The lowest BCUT2D eigenvalue weighted by Crippen LogP contribution is -2.38. The minimum atomic E-state index is -0.961. The van der Waals surface area contributed by atoms with Gasteiger partial charge in [0.2, 0.25) is 0 Å². The van der Waals surface area contributed by atoms with Gasteiger partial charge >= 0.3 is 0 Å². The highest BCUT2D eigenvalue weighted by Gasteiger charge is 2.16. The van der Waals surface area contributed by atoms with Crippen LogP contribution in [-0.2, 0) is 16.6 Å². The Morgan fingerprint density at radius 2 is 2.00 bits per heavy atom. The number of hydrogen-bond acceptors (Lipinski definition) is 3. The largest absolute Gasteiger partial charge is 0.325 e. The van der Waals surface area contributed by atoms with Gasteiger partial charge in [-0.25, -0.2) is 0 Å². The number of nitrogens with zero attached hydrogens (tertiary/aromatic N) is 1. The average Bonchev–Trinajstić information content (AvgIpc) is 2.27. The SMILES string of the molecule is CC(C)(N)CS(=O)Cc1cccc2cccnc12. The minimum absolute atomic E-state index is 0.400. The lowest BCUT2D eigenvalue weighted by atomic mass is 10.1. The molecule has 18 heavy (non-hydrogen) atoms. The Labute approximate surface area is 110 Å². The summed E-state index contributed by atoms with van der Waals surface area (Å²) in [5.74, 6) is 1.01. The third-order valence-corrected chi connectivity index (χ3v) is 4.26. The first-order chi connectivity index (χ1) is 8.46. The number of benzene rings is 1. The monoisotopic (exact) mass is 262 g/mol. The molecule has 0 saturated carbocycles. The van der Waals surface area contributed by atoms with Gasteiger partial charge in [0.25, 0.3) is 0 Å². The minimum Gasteiger partial charge on any atom is -0.325 e. The fourth-order valence-electron chi connectivity index (χ4n) is 1.92. The summed E-state index contributed by atoms with van der Waals surface area (Å²) in [5, 5.41) is 1.08. The van der Waals surface area contributed by atoms with Crippen molar-refractivity contribution in [2.45, 2.75) is 25.1 Å². The molecule has 1 atom stereocenters. The van der Waals surface area contributed by atoms with Crippen molar-refractivity contribution in [3.05, 3.63) is 42.1 Å². The van der Waals surface area contributed by atoms with Gasteiger partial charge in [0, 0.05) is 33.7 Å². The highest BCUT2D eigenvalue weighted by atomic mass is 32.2. The summed E-state index contributed by atoms with van der Waals surface area (Å²) >= 11 is 0. The number of hydrogen-bond donors (Lipinski definition) is 1. The number of rotatable bonds is 4. The van der Waals surface area contributed by atoms with E-state index < -0.39 is 16.3 Å². The first-order valence-electron chi connectivity index (χ1n) is 5.92. The van der Waals surface area contributed by atoms with Crippen LogP contribution in [0.3, 0.4) is 0 Å². The Kier molecular flexibility index (Phi) is 3.78. The van der Waals surface area contributed by atoms with E-state index in [9.17, 15) is 4.21 Å². The molecule has 0 aliphatic rings. The molecule has 2 N–H and O–H groups in total. The second-order valence-electron chi connectivity index (χ2n) is 5.21. The molecule has 1 aromatic heterocycles. The second-order valence-corrected chi connectivity index (χ2v) is 6.67. The lowest BCUT2D eigenvalue weighted by molar-refractivity contribution is 0.577. The Balaban J connectivity index is 2.24. The summed E-state index contributed by atoms with van der Waals surface area (Å²) in [6.45, 7) is 3.79. The van der Waals surface area contributed by atoms with E-state index in [0.717, 1.165) is 16.5 Å². The van der Waals surface area contributed by atoms with E-state index in [1.54, 1.807) is 6.20 Å². The van der Waals surface area contributed by atoms with E-state index in [0.29, 0.717) is 11.5 Å². The molecule has 1 unspecified atom stereocenters. The normalized spacial score (nSPS) is 13.7. The van der Waals surface area contributed by atoms with Gasteiger partial charge in [0.05, 0.1) is 11.3 Å². The molecular formula is C14H18N2OS. The van der Waals surface area contributed by atoms with Gasteiger partial charge in [0.1, 0.15) is 0 Å². The fraction of sp³-hybridized carbons (Fsp3) is 0.357. The highest BCUT2D eigenvalue weighted by molar-refractivity contribution is 7.84. The van der Waals surface area contributed by atoms with Gasteiger partial charge in [-0.05, 0) is 25.5 Å². The van der Waals surface area contributed by atoms with E-state index in [1.165, 1.54) is 0 Å². The average molecular weight is 262 g/mol. The van der Waals surface area contributed by atoms with Crippen LogP contribution in [0.25, 0.3) is 10.9 Å². The first-order valence-corrected chi connectivity index (χ1v) is 7.41. The Hall–Kier alpha value is -1.26. The third kappa shape index (κ3) is 3.37. The van der Waals surface area contributed by atoms with E-state index in [2.05, 4.69) is 4.98 Å². The van der Waals surface area contributed by atoms with Gasteiger partial charge in [-0.1, -0.05) is 24.3 Å². The van der Waals surface area contributed by atoms with Crippen LogP contribution < -0.4 is 5.73 Å². The van der Waals surface area contributed by atoms with Gasteiger partial charge in [0.15, 0.2) is 0 Å². The summed E-state index contributed by atoms with van der Waals surface area (Å²) in [4.78, 5) is 4.36. The van der Waals surface area contributed by atoms with Crippen LogP contribution in [0.1, 0.15) is 19.4 Å². The zero-order valence-corrected chi connectivity index (χ0v) is 11.5. The topological polar surface area (TPSA) is 56.0 Å². The maximum absolute atomic E-state index is 12.1. The standard InChI is InChI=1S/C14H18N2OS/c1-14(2,15)10-18(17)9-12-6-3-5-11-7-4-8-16-13(11)12/h3-8H,9-10,15H2,1-2H3. The quantitative estimate of drug-likeness (QED) is 0.919. The predicted octanol–water partition coefficient (Wildman–Crippen LogP) is 2.22. The molecule has 96 valence electrons. The second kappa shape index (κ2) is 5.16. The number of pyridine rings is 1. The molecule has 4 heteroatoms. The van der Waals surface area contributed by atoms with Crippen molar-refractivity contribution in [3.63, 3.8) is 0 Å². The summed E-state index contributed by atoms with van der Waals surface area (Å²) in [7, 11) is -0.961. The smallest absolute Gasteiger partial charge is 0.0743 e. The van der Waals surface area contributed by atoms with Gasteiger partial charge in [-0.3, -0.25) is 9.19 Å². The number of para-hydroxylation sites is 1. The molecule has 0 aliphatic heterocycles. The molecule has 3 nitrogen and oxygen atoms in total.